The fraction of sp³-hybridized carbons (Fsp3) is 0. The quantitative estimate of drug-likeness (QED) is 0.519. The van der Waals surface area contributed by atoms with Gasteiger partial charge in [-0.05, 0) is 24.4 Å². The topological polar surface area (TPSA) is 24.1 Å². The Bertz CT molecular complexity index is 237. The highest BCUT2D eigenvalue weighted by atomic mass is 35.5. The summed E-state index contributed by atoms with van der Waals surface area (Å²) in [4.78, 5) is 2.31. The van der Waals surface area contributed by atoms with Gasteiger partial charge < -0.3 is 5.32 Å². The Morgan fingerprint density at radius 3 is 2.45 bits per heavy atom. The number of halogens is 1. The largest absolute Gasteiger partial charge is 0.332 e. The van der Waals surface area contributed by atoms with Crippen LogP contribution in [-0.4, -0.2) is 5.11 Å². The molecule has 1 aromatic carbocycles. The number of anilines is 1. The van der Waals surface area contributed by atoms with E-state index >= 15 is 0 Å². The van der Waals surface area contributed by atoms with E-state index in [0.29, 0.717) is 5.11 Å². The average molecular weight is 187 g/mol. The van der Waals surface area contributed by atoms with Crippen molar-refractivity contribution in [2.75, 3.05) is 5.32 Å². The van der Waals surface area contributed by atoms with Crippen LogP contribution in [0.5, 0.6) is 0 Å². The van der Waals surface area contributed by atoms with E-state index in [0.717, 1.165) is 5.69 Å². The summed E-state index contributed by atoms with van der Waals surface area (Å²) in [5.74, 6) is 0. The van der Waals surface area contributed by atoms with Crippen molar-refractivity contribution < 1.29 is 0 Å². The van der Waals surface area contributed by atoms with Gasteiger partial charge in [-0.3, -0.25) is 4.84 Å². The van der Waals surface area contributed by atoms with Gasteiger partial charge in [0.05, 0.1) is 0 Å². The predicted octanol–water partition coefficient (Wildman–Crippen LogP) is 2.13. The summed E-state index contributed by atoms with van der Waals surface area (Å²) in [6, 6.07) is 9.57. The van der Waals surface area contributed by atoms with E-state index in [2.05, 4.69) is 10.2 Å². The molecule has 1 aromatic rings. The molecule has 0 unspecified atom stereocenters. The van der Waals surface area contributed by atoms with Gasteiger partial charge in [-0.1, -0.05) is 18.2 Å². The monoisotopic (exact) mass is 186 g/mol. The summed E-state index contributed by atoms with van der Waals surface area (Å²) in [5.41, 5.74) is 0.922. The molecule has 0 amide bonds. The number of rotatable bonds is 1. The van der Waals surface area contributed by atoms with Crippen LogP contribution in [0.15, 0.2) is 30.3 Å². The molecule has 0 atom stereocenters. The molecule has 2 nitrogen and oxygen atoms in total. The minimum absolute atomic E-state index is 0.401. The summed E-state index contributed by atoms with van der Waals surface area (Å²) in [6.45, 7) is 0. The van der Waals surface area contributed by atoms with Gasteiger partial charge in [-0.25, -0.2) is 0 Å². The molecule has 0 aliphatic rings. The number of hydrogen-bond acceptors (Lipinski definition) is 1. The second-order valence-corrected chi connectivity index (χ2v) is 2.51. The van der Waals surface area contributed by atoms with Gasteiger partial charge in [0, 0.05) is 17.5 Å². The fourth-order valence-electron chi connectivity index (χ4n) is 0.676. The number of benzene rings is 1. The third-order valence-corrected chi connectivity index (χ3v) is 1.62. The van der Waals surface area contributed by atoms with Gasteiger partial charge in [0.2, 0.25) is 0 Å². The fourth-order valence-corrected chi connectivity index (χ4v) is 0.841. The average Bonchev–Trinajstić information content (AvgIpc) is 2.06. The van der Waals surface area contributed by atoms with Gasteiger partial charge in [-0.2, -0.15) is 0 Å². The molecule has 4 heteroatoms. The molecule has 0 bridgehead atoms. The molecule has 2 N–H and O–H groups in total. The highest BCUT2D eigenvalue weighted by Crippen LogP contribution is 2.03. The number of para-hydroxylation sites is 1. The van der Waals surface area contributed by atoms with Gasteiger partial charge in [0.15, 0.2) is 5.11 Å². The summed E-state index contributed by atoms with van der Waals surface area (Å²) < 4.78 is 0. The first-order valence-electron chi connectivity index (χ1n) is 3.05. The van der Waals surface area contributed by atoms with Crippen LogP contribution < -0.4 is 10.2 Å². The molecule has 0 radical (unpaired) electrons. The van der Waals surface area contributed by atoms with Crippen molar-refractivity contribution in [3.63, 3.8) is 0 Å². The first kappa shape index (κ1) is 8.30. The van der Waals surface area contributed by atoms with Gasteiger partial charge >= 0.3 is 0 Å². The predicted molar refractivity (Wildman–Crippen MR) is 51.7 cm³/mol. The Hall–Kier alpha value is -0.800. The highest BCUT2D eigenvalue weighted by molar-refractivity contribution is 7.80. The Morgan fingerprint density at radius 2 is 1.91 bits per heavy atom. The normalized spacial score (nSPS) is 8.82. The second kappa shape index (κ2) is 4.16. The molecule has 0 spiro atoms. The summed E-state index contributed by atoms with van der Waals surface area (Å²) in [6.07, 6.45) is 0. The van der Waals surface area contributed by atoms with Gasteiger partial charge in [-0.15, -0.1) is 0 Å². The zero-order chi connectivity index (χ0) is 8.10. The van der Waals surface area contributed by atoms with Crippen molar-refractivity contribution in [1.29, 1.82) is 0 Å². The summed E-state index contributed by atoms with van der Waals surface area (Å²) in [5, 5.41) is 3.28. The Balaban J connectivity index is 2.58. The minimum atomic E-state index is 0.401. The number of nitrogens with one attached hydrogen (secondary N) is 2. The molecule has 0 saturated carbocycles. The molecular formula is C7H7ClN2S. The third kappa shape index (κ3) is 2.74. The van der Waals surface area contributed by atoms with Gasteiger partial charge in [0.1, 0.15) is 0 Å². The van der Waals surface area contributed by atoms with E-state index in [1.165, 1.54) is 0 Å². The number of thiocarbonyl (C=S) groups is 1. The standard InChI is InChI=1S/C7H7ClN2S/c8-10-7(11)9-6-4-2-1-3-5-6/h1-5H,(H2,9,10,11). The molecule has 11 heavy (non-hydrogen) atoms. The van der Waals surface area contributed by atoms with Crippen LogP contribution >= 0.6 is 24.0 Å². The highest BCUT2D eigenvalue weighted by Gasteiger charge is 1.91. The molecule has 0 saturated heterocycles. The van der Waals surface area contributed by atoms with Crippen molar-refractivity contribution in [1.82, 2.24) is 4.84 Å². The Labute approximate surface area is 75.7 Å². The lowest BCUT2D eigenvalue weighted by molar-refractivity contribution is 1.50. The van der Waals surface area contributed by atoms with Crippen molar-refractivity contribution >= 4 is 34.8 Å². The Kier molecular flexibility index (Phi) is 3.14. The summed E-state index contributed by atoms with van der Waals surface area (Å²) >= 11 is 10.0. The second-order valence-electron chi connectivity index (χ2n) is 1.91. The minimum Gasteiger partial charge on any atom is -0.332 e. The van der Waals surface area contributed by atoms with Crippen LogP contribution in [0.3, 0.4) is 0 Å². The van der Waals surface area contributed by atoms with Crippen LogP contribution in [0.25, 0.3) is 0 Å². The molecule has 0 fully saturated rings. The smallest absolute Gasteiger partial charge is 0.185 e. The molecule has 1 rings (SSSR count). The summed E-state index contributed by atoms with van der Waals surface area (Å²) in [7, 11) is 0. The van der Waals surface area contributed by atoms with E-state index < -0.39 is 0 Å². The van der Waals surface area contributed by atoms with E-state index in [1.807, 2.05) is 30.3 Å². The third-order valence-electron chi connectivity index (χ3n) is 1.12. The lowest BCUT2D eigenvalue weighted by Crippen LogP contribution is -2.19. The van der Waals surface area contributed by atoms with Crippen LogP contribution in [0.4, 0.5) is 5.69 Å². The van der Waals surface area contributed by atoms with E-state index in [4.69, 9.17) is 24.0 Å². The zero-order valence-electron chi connectivity index (χ0n) is 5.67. The maximum atomic E-state index is 5.25. The molecule has 0 aliphatic heterocycles. The SMILES string of the molecule is S=C(NCl)Nc1ccccc1. The van der Waals surface area contributed by atoms with Crippen molar-refractivity contribution in [2.24, 2.45) is 0 Å². The Morgan fingerprint density at radius 1 is 1.27 bits per heavy atom. The van der Waals surface area contributed by atoms with Crippen LogP contribution in [0.2, 0.25) is 0 Å². The van der Waals surface area contributed by atoms with E-state index in [1.54, 1.807) is 0 Å². The first-order chi connectivity index (χ1) is 5.33. The van der Waals surface area contributed by atoms with Crippen LogP contribution in [0, 0.1) is 0 Å². The van der Waals surface area contributed by atoms with Crippen LogP contribution in [0.1, 0.15) is 0 Å². The van der Waals surface area contributed by atoms with E-state index in [9.17, 15) is 0 Å². The van der Waals surface area contributed by atoms with Crippen molar-refractivity contribution in [3.8, 4) is 0 Å². The molecule has 58 valence electrons. The molecule has 0 aliphatic carbocycles. The zero-order valence-corrected chi connectivity index (χ0v) is 7.25. The maximum Gasteiger partial charge on any atom is 0.185 e. The van der Waals surface area contributed by atoms with Gasteiger partial charge in [0.25, 0.3) is 0 Å². The lowest BCUT2D eigenvalue weighted by Gasteiger charge is -2.03. The molecule has 0 heterocycles. The maximum absolute atomic E-state index is 5.25. The molecule has 0 aromatic heterocycles. The van der Waals surface area contributed by atoms with Crippen LogP contribution in [-0.2, 0) is 0 Å². The lowest BCUT2D eigenvalue weighted by atomic mass is 10.3. The first-order valence-corrected chi connectivity index (χ1v) is 3.84. The van der Waals surface area contributed by atoms with Crippen molar-refractivity contribution in [2.45, 2.75) is 0 Å². The van der Waals surface area contributed by atoms with E-state index in [-0.39, 0.29) is 0 Å². The molecular weight excluding hydrogens is 180 g/mol. The van der Waals surface area contributed by atoms with Crippen molar-refractivity contribution in [3.05, 3.63) is 30.3 Å². The number of hydrogen-bond donors (Lipinski definition) is 2.